The van der Waals surface area contributed by atoms with Crippen LogP contribution in [0.4, 0.5) is 0 Å². The molecule has 0 spiro atoms. The van der Waals surface area contributed by atoms with Crippen molar-refractivity contribution in [3.05, 3.63) is 40.2 Å². The number of thiazole rings is 1. The van der Waals surface area contributed by atoms with E-state index in [0.717, 1.165) is 0 Å². The third-order valence-corrected chi connectivity index (χ3v) is 3.05. The highest BCUT2D eigenvalue weighted by atomic mass is 32.1. The van der Waals surface area contributed by atoms with E-state index in [9.17, 15) is 4.79 Å². The first-order valence-electron chi connectivity index (χ1n) is 5.14. The average molecular weight is 252 g/mol. The molecular formula is C11H12N2O3S. The summed E-state index contributed by atoms with van der Waals surface area (Å²) in [6, 6.07) is 3.09. The number of ether oxygens (including phenoxy) is 1. The first-order chi connectivity index (χ1) is 8.22. The van der Waals surface area contributed by atoms with Crippen LogP contribution in [0, 0.1) is 0 Å². The largest absolute Gasteiger partial charge is 0.467 e. The molecule has 5 nitrogen and oxygen atoms in total. The summed E-state index contributed by atoms with van der Waals surface area (Å²) in [6.07, 6.45) is 1.55. The fourth-order valence-corrected chi connectivity index (χ4v) is 2.11. The number of furan rings is 1. The van der Waals surface area contributed by atoms with E-state index in [0.29, 0.717) is 17.4 Å². The second kappa shape index (κ2) is 5.11. The molecule has 0 aliphatic carbocycles. The van der Waals surface area contributed by atoms with Crippen molar-refractivity contribution in [3.63, 3.8) is 0 Å². The first-order valence-corrected chi connectivity index (χ1v) is 6.02. The van der Waals surface area contributed by atoms with Crippen LogP contribution in [0.3, 0.4) is 0 Å². The molecule has 0 aliphatic rings. The van der Waals surface area contributed by atoms with Gasteiger partial charge < -0.3 is 14.9 Å². The van der Waals surface area contributed by atoms with Gasteiger partial charge in [-0.25, -0.2) is 9.78 Å². The Morgan fingerprint density at radius 3 is 3.18 bits per heavy atom. The van der Waals surface area contributed by atoms with Crippen LogP contribution in [0.2, 0.25) is 0 Å². The summed E-state index contributed by atoms with van der Waals surface area (Å²) < 4.78 is 10.0. The highest BCUT2D eigenvalue weighted by Gasteiger charge is 2.18. The lowest BCUT2D eigenvalue weighted by atomic mass is 10.2. The Morgan fingerprint density at radius 2 is 2.53 bits per heavy atom. The lowest BCUT2D eigenvalue weighted by molar-refractivity contribution is 0.0520. The fraction of sp³-hybridized carbons (Fsp3) is 0.273. The molecule has 6 heteroatoms. The Balaban J connectivity index is 2.15. The van der Waals surface area contributed by atoms with Crippen molar-refractivity contribution in [3.8, 4) is 0 Å². The van der Waals surface area contributed by atoms with E-state index in [1.54, 1.807) is 30.7 Å². The molecule has 2 aromatic heterocycles. The third-order valence-electron chi connectivity index (χ3n) is 2.12. The van der Waals surface area contributed by atoms with Crippen molar-refractivity contribution < 1.29 is 13.9 Å². The van der Waals surface area contributed by atoms with E-state index in [1.165, 1.54) is 11.3 Å². The number of rotatable bonds is 4. The van der Waals surface area contributed by atoms with Crippen LogP contribution in [0.5, 0.6) is 0 Å². The van der Waals surface area contributed by atoms with Crippen LogP contribution in [0.1, 0.15) is 34.2 Å². The molecule has 2 N–H and O–H groups in total. The summed E-state index contributed by atoms with van der Waals surface area (Å²) in [4.78, 5) is 15.6. The van der Waals surface area contributed by atoms with Gasteiger partial charge in [0.1, 0.15) is 16.8 Å². The standard InChI is InChI=1S/C11H12N2O3S/c1-2-15-11(14)7-6-17-10(13-7)9(12)8-4-3-5-16-8/h3-6,9H,2,12H2,1H3. The summed E-state index contributed by atoms with van der Waals surface area (Å²) in [5.41, 5.74) is 6.24. The zero-order chi connectivity index (χ0) is 12.3. The van der Waals surface area contributed by atoms with Gasteiger partial charge in [0.2, 0.25) is 0 Å². The predicted octanol–water partition coefficient (Wildman–Crippen LogP) is 1.96. The molecule has 0 amide bonds. The van der Waals surface area contributed by atoms with Gasteiger partial charge >= 0.3 is 5.97 Å². The quantitative estimate of drug-likeness (QED) is 0.841. The van der Waals surface area contributed by atoms with Gasteiger partial charge in [-0.3, -0.25) is 0 Å². The molecule has 0 saturated heterocycles. The van der Waals surface area contributed by atoms with E-state index in [-0.39, 0.29) is 5.69 Å². The van der Waals surface area contributed by atoms with Gasteiger partial charge in [0.25, 0.3) is 0 Å². The van der Waals surface area contributed by atoms with E-state index < -0.39 is 12.0 Å². The normalized spacial score (nSPS) is 12.4. The molecule has 17 heavy (non-hydrogen) atoms. The van der Waals surface area contributed by atoms with E-state index in [4.69, 9.17) is 14.9 Å². The van der Waals surface area contributed by atoms with Crippen molar-refractivity contribution in [2.45, 2.75) is 13.0 Å². The van der Waals surface area contributed by atoms with Crippen LogP contribution in [0.15, 0.2) is 28.2 Å². The maximum Gasteiger partial charge on any atom is 0.357 e. The average Bonchev–Trinajstić information content (AvgIpc) is 3.00. The molecule has 2 aromatic rings. The minimum absolute atomic E-state index is 0.286. The highest BCUT2D eigenvalue weighted by Crippen LogP contribution is 2.23. The zero-order valence-electron chi connectivity index (χ0n) is 9.25. The van der Waals surface area contributed by atoms with Gasteiger partial charge in [0, 0.05) is 5.38 Å². The molecule has 0 saturated carbocycles. The van der Waals surface area contributed by atoms with Gasteiger partial charge in [-0.05, 0) is 19.1 Å². The smallest absolute Gasteiger partial charge is 0.357 e. The van der Waals surface area contributed by atoms with E-state index in [2.05, 4.69) is 4.98 Å². The Kier molecular flexibility index (Phi) is 3.55. The third kappa shape index (κ3) is 2.54. The SMILES string of the molecule is CCOC(=O)c1csc(C(N)c2ccco2)n1. The summed E-state index contributed by atoms with van der Waals surface area (Å²) in [5, 5.41) is 2.26. The minimum atomic E-state index is -0.446. The van der Waals surface area contributed by atoms with Gasteiger partial charge in [0.15, 0.2) is 5.69 Å². The maximum atomic E-state index is 11.4. The summed E-state index contributed by atoms with van der Waals surface area (Å²) >= 11 is 1.31. The van der Waals surface area contributed by atoms with Gasteiger partial charge in [-0.2, -0.15) is 0 Å². The summed E-state index contributed by atoms with van der Waals surface area (Å²) in [5.74, 6) is 0.191. The number of esters is 1. The minimum Gasteiger partial charge on any atom is -0.467 e. The maximum absolute atomic E-state index is 11.4. The Morgan fingerprint density at radius 1 is 1.71 bits per heavy atom. The molecule has 0 aromatic carbocycles. The van der Waals surface area contributed by atoms with Crippen LogP contribution in [-0.2, 0) is 4.74 Å². The fourth-order valence-electron chi connectivity index (χ4n) is 1.32. The molecule has 0 bridgehead atoms. The topological polar surface area (TPSA) is 78.4 Å². The molecule has 90 valence electrons. The predicted molar refractivity (Wildman–Crippen MR) is 62.8 cm³/mol. The van der Waals surface area contributed by atoms with Crippen molar-refractivity contribution in [1.82, 2.24) is 4.98 Å². The number of nitrogens with zero attached hydrogens (tertiary/aromatic N) is 1. The molecule has 0 radical (unpaired) electrons. The molecule has 1 atom stereocenters. The molecule has 0 fully saturated rings. The number of carbonyl (C=O) groups is 1. The van der Waals surface area contributed by atoms with Crippen LogP contribution in [-0.4, -0.2) is 17.6 Å². The second-order valence-electron chi connectivity index (χ2n) is 3.28. The van der Waals surface area contributed by atoms with Crippen LogP contribution >= 0.6 is 11.3 Å². The van der Waals surface area contributed by atoms with Gasteiger partial charge in [-0.1, -0.05) is 0 Å². The number of hydrogen-bond donors (Lipinski definition) is 1. The van der Waals surface area contributed by atoms with E-state index in [1.807, 2.05) is 0 Å². The highest BCUT2D eigenvalue weighted by molar-refractivity contribution is 7.09. The molecule has 2 rings (SSSR count). The lowest BCUT2D eigenvalue weighted by Gasteiger charge is -2.03. The lowest BCUT2D eigenvalue weighted by Crippen LogP contribution is -2.11. The Labute approximate surface area is 102 Å². The van der Waals surface area contributed by atoms with Crippen molar-refractivity contribution in [2.75, 3.05) is 6.61 Å². The van der Waals surface area contributed by atoms with Gasteiger partial charge in [0.05, 0.1) is 12.9 Å². The van der Waals surface area contributed by atoms with Crippen LogP contribution < -0.4 is 5.73 Å². The van der Waals surface area contributed by atoms with Crippen LogP contribution in [0.25, 0.3) is 0 Å². The number of nitrogens with two attached hydrogens (primary N) is 1. The Hall–Kier alpha value is -1.66. The van der Waals surface area contributed by atoms with Crippen molar-refractivity contribution >= 4 is 17.3 Å². The van der Waals surface area contributed by atoms with Crippen molar-refractivity contribution in [2.24, 2.45) is 5.73 Å². The van der Waals surface area contributed by atoms with Gasteiger partial charge in [-0.15, -0.1) is 11.3 Å². The molecular weight excluding hydrogens is 240 g/mol. The summed E-state index contributed by atoms with van der Waals surface area (Å²) in [7, 11) is 0. The number of aromatic nitrogens is 1. The number of carbonyl (C=O) groups excluding carboxylic acids is 1. The zero-order valence-corrected chi connectivity index (χ0v) is 10.1. The first kappa shape index (κ1) is 11.8. The van der Waals surface area contributed by atoms with E-state index >= 15 is 0 Å². The monoisotopic (exact) mass is 252 g/mol. The summed E-state index contributed by atoms with van der Waals surface area (Å²) in [6.45, 7) is 2.08. The van der Waals surface area contributed by atoms with Crippen molar-refractivity contribution in [1.29, 1.82) is 0 Å². The molecule has 2 heterocycles. The molecule has 1 unspecified atom stereocenters. The molecule has 0 aliphatic heterocycles. The Bertz CT molecular complexity index is 493. The number of hydrogen-bond acceptors (Lipinski definition) is 6. The second-order valence-corrected chi connectivity index (χ2v) is 4.17.